The van der Waals surface area contributed by atoms with E-state index in [0.717, 1.165) is 12.1 Å². The summed E-state index contributed by atoms with van der Waals surface area (Å²) >= 11 is 0. The quantitative estimate of drug-likeness (QED) is 0.843. The Kier molecular flexibility index (Phi) is 3.50. The van der Waals surface area contributed by atoms with Gasteiger partial charge < -0.3 is 5.32 Å². The van der Waals surface area contributed by atoms with Gasteiger partial charge in [-0.15, -0.1) is 0 Å². The molecular weight excluding hydrogens is 241 g/mol. The molecule has 0 fully saturated rings. The highest BCUT2D eigenvalue weighted by Crippen LogP contribution is 2.20. The minimum Gasteiger partial charge on any atom is -0.377 e. The summed E-state index contributed by atoms with van der Waals surface area (Å²) in [6.45, 7) is 1.79. The van der Waals surface area contributed by atoms with Crippen molar-refractivity contribution in [3.05, 3.63) is 59.7 Å². The summed E-state index contributed by atoms with van der Waals surface area (Å²) < 4.78 is 38.5. The van der Waals surface area contributed by atoms with Crippen LogP contribution >= 0.6 is 0 Å². The van der Waals surface area contributed by atoms with Gasteiger partial charge in [0, 0.05) is 6.04 Å². The first kappa shape index (κ1) is 12.4. The molecule has 1 heterocycles. The molecule has 0 aliphatic heterocycles. The Morgan fingerprint density at radius 3 is 2.44 bits per heavy atom. The van der Waals surface area contributed by atoms with E-state index in [0.29, 0.717) is 11.3 Å². The number of halogens is 3. The first-order chi connectivity index (χ1) is 8.56. The summed E-state index contributed by atoms with van der Waals surface area (Å²) in [6.07, 6.45) is 1.34. The lowest BCUT2D eigenvalue weighted by atomic mass is 10.1. The van der Waals surface area contributed by atoms with Crippen molar-refractivity contribution in [1.82, 2.24) is 4.98 Å². The van der Waals surface area contributed by atoms with Crippen LogP contribution in [-0.2, 0) is 0 Å². The second kappa shape index (κ2) is 5.08. The van der Waals surface area contributed by atoms with Crippen LogP contribution in [-0.4, -0.2) is 4.98 Å². The first-order valence-electron chi connectivity index (χ1n) is 5.39. The molecule has 0 amide bonds. The van der Waals surface area contributed by atoms with Gasteiger partial charge in [0.25, 0.3) is 0 Å². The zero-order valence-electron chi connectivity index (χ0n) is 9.62. The summed E-state index contributed by atoms with van der Waals surface area (Å²) in [6, 6.07) is 6.20. The summed E-state index contributed by atoms with van der Waals surface area (Å²) in [7, 11) is 0. The molecule has 1 unspecified atom stereocenters. The summed E-state index contributed by atoms with van der Waals surface area (Å²) in [5.74, 6) is -2.34. The van der Waals surface area contributed by atoms with E-state index in [4.69, 9.17) is 0 Å². The van der Waals surface area contributed by atoms with Crippen molar-refractivity contribution < 1.29 is 13.2 Å². The van der Waals surface area contributed by atoms with Crippen molar-refractivity contribution in [2.75, 3.05) is 5.32 Å². The molecule has 1 atom stereocenters. The fourth-order valence-corrected chi connectivity index (χ4v) is 1.58. The standard InChI is InChI=1S/C13H11F3N2/c1-8(9-2-4-11(14)12(15)6-9)18-10-3-5-13(16)17-7-10/h2-8,18H,1H3. The van der Waals surface area contributed by atoms with Crippen LogP contribution in [0.5, 0.6) is 0 Å². The third kappa shape index (κ3) is 2.80. The molecule has 1 aromatic heterocycles. The Balaban J connectivity index is 2.13. The Morgan fingerprint density at radius 1 is 1.06 bits per heavy atom. The SMILES string of the molecule is CC(Nc1ccc(F)nc1)c1ccc(F)c(F)c1. The molecule has 0 saturated heterocycles. The van der Waals surface area contributed by atoms with E-state index in [1.807, 2.05) is 0 Å². The van der Waals surface area contributed by atoms with E-state index >= 15 is 0 Å². The van der Waals surface area contributed by atoms with Crippen LogP contribution in [0.15, 0.2) is 36.5 Å². The number of nitrogens with zero attached hydrogens (tertiary/aromatic N) is 1. The van der Waals surface area contributed by atoms with Crippen LogP contribution < -0.4 is 5.32 Å². The predicted molar refractivity (Wildman–Crippen MR) is 62.6 cm³/mol. The zero-order chi connectivity index (χ0) is 13.1. The van der Waals surface area contributed by atoms with Gasteiger partial charge >= 0.3 is 0 Å². The molecule has 5 heteroatoms. The molecule has 18 heavy (non-hydrogen) atoms. The smallest absolute Gasteiger partial charge is 0.212 e. The lowest BCUT2D eigenvalue weighted by Gasteiger charge is -2.15. The van der Waals surface area contributed by atoms with Gasteiger partial charge in [-0.25, -0.2) is 13.8 Å². The molecule has 0 bridgehead atoms. The van der Waals surface area contributed by atoms with Crippen LogP contribution in [0.4, 0.5) is 18.9 Å². The average Bonchev–Trinajstić information content (AvgIpc) is 2.35. The van der Waals surface area contributed by atoms with Gasteiger partial charge in [-0.05, 0) is 36.8 Å². The molecule has 0 aliphatic carbocycles. The van der Waals surface area contributed by atoms with Crippen LogP contribution in [0, 0.1) is 17.6 Å². The number of benzene rings is 1. The van der Waals surface area contributed by atoms with Crippen molar-refractivity contribution in [2.24, 2.45) is 0 Å². The van der Waals surface area contributed by atoms with Crippen molar-refractivity contribution in [3.8, 4) is 0 Å². The molecule has 0 radical (unpaired) electrons. The number of hydrogen-bond acceptors (Lipinski definition) is 2. The molecule has 94 valence electrons. The largest absolute Gasteiger partial charge is 0.377 e. The molecule has 2 aromatic rings. The van der Waals surface area contributed by atoms with Gasteiger partial charge in [0.15, 0.2) is 11.6 Å². The number of pyridine rings is 1. The number of hydrogen-bond donors (Lipinski definition) is 1. The molecular formula is C13H11F3N2. The minimum absolute atomic E-state index is 0.243. The van der Waals surface area contributed by atoms with Crippen LogP contribution in [0.3, 0.4) is 0 Å². The summed E-state index contributed by atoms with van der Waals surface area (Å²) in [5, 5.41) is 3.01. The fraction of sp³-hybridized carbons (Fsp3) is 0.154. The molecule has 1 N–H and O–H groups in total. The summed E-state index contributed by atoms with van der Waals surface area (Å²) in [5.41, 5.74) is 1.20. The van der Waals surface area contributed by atoms with Crippen molar-refractivity contribution in [3.63, 3.8) is 0 Å². The lowest BCUT2D eigenvalue weighted by Crippen LogP contribution is -2.07. The molecule has 0 aliphatic rings. The highest BCUT2D eigenvalue weighted by Gasteiger charge is 2.09. The Bertz CT molecular complexity index is 540. The van der Waals surface area contributed by atoms with Gasteiger partial charge in [-0.2, -0.15) is 4.39 Å². The van der Waals surface area contributed by atoms with Gasteiger partial charge in [-0.1, -0.05) is 6.07 Å². The third-order valence-electron chi connectivity index (χ3n) is 2.55. The zero-order valence-corrected chi connectivity index (χ0v) is 9.62. The lowest BCUT2D eigenvalue weighted by molar-refractivity contribution is 0.506. The molecule has 2 rings (SSSR count). The Hall–Kier alpha value is -2.04. The van der Waals surface area contributed by atoms with Gasteiger partial charge in [-0.3, -0.25) is 0 Å². The van der Waals surface area contributed by atoms with E-state index in [1.165, 1.54) is 24.4 Å². The highest BCUT2D eigenvalue weighted by molar-refractivity contribution is 5.42. The van der Waals surface area contributed by atoms with Crippen LogP contribution in [0.1, 0.15) is 18.5 Å². The van der Waals surface area contributed by atoms with Crippen LogP contribution in [0.2, 0.25) is 0 Å². The van der Waals surface area contributed by atoms with Crippen molar-refractivity contribution in [2.45, 2.75) is 13.0 Å². The van der Waals surface area contributed by atoms with Gasteiger partial charge in [0.2, 0.25) is 5.95 Å². The van der Waals surface area contributed by atoms with Gasteiger partial charge in [0.05, 0.1) is 11.9 Å². The van der Waals surface area contributed by atoms with Gasteiger partial charge in [0.1, 0.15) is 0 Å². The van der Waals surface area contributed by atoms with E-state index in [1.54, 1.807) is 6.92 Å². The second-order valence-electron chi connectivity index (χ2n) is 3.91. The van der Waals surface area contributed by atoms with E-state index in [9.17, 15) is 13.2 Å². The maximum Gasteiger partial charge on any atom is 0.212 e. The minimum atomic E-state index is -0.890. The molecule has 0 saturated carbocycles. The predicted octanol–water partition coefficient (Wildman–Crippen LogP) is 3.67. The third-order valence-corrected chi connectivity index (χ3v) is 2.55. The first-order valence-corrected chi connectivity index (χ1v) is 5.39. The topological polar surface area (TPSA) is 24.9 Å². The Morgan fingerprint density at radius 2 is 1.83 bits per heavy atom. The van der Waals surface area contributed by atoms with E-state index < -0.39 is 17.6 Å². The number of aromatic nitrogens is 1. The average molecular weight is 252 g/mol. The molecule has 1 aromatic carbocycles. The highest BCUT2D eigenvalue weighted by atomic mass is 19.2. The monoisotopic (exact) mass is 252 g/mol. The number of rotatable bonds is 3. The van der Waals surface area contributed by atoms with E-state index in [2.05, 4.69) is 10.3 Å². The van der Waals surface area contributed by atoms with Crippen molar-refractivity contribution >= 4 is 5.69 Å². The second-order valence-corrected chi connectivity index (χ2v) is 3.91. The van der Waals surface area contributed by atoms with Crippen molar-refractivity contribution in [1.29, 1.82) is 0 Å². The maximum absolute atomic E-state index is 13.1. The molecule has 0 spiro atoms. The number of nitrogens with one attached hydrogen (secondary N) is 1. The normalized spacial score (nSPS) is 12.2. The summed E-state index contributed by atoms with van der Waals surface area (Å²) in [4.78, 5) is 3.49. The fourth-order valence-electron chi connectivity index (χ4n) is 1.58. The maximum atomic E-state index is 13.1. The molecule has 2 nitrogen and oxygen atoms in total. The van der Waals surface area contributed by atoms with Crippen LogP contribution in [0.25, 0.3) is 0 Å². The van der Waals surface area contributed by atoms with E-state index in [-0.39, 0.29) is 6.04 Å². The Labute approximate surface area is 102 Å². The number of anilines is 1.